The maximum absolute atomic E-state index is 11.6. The summed E-state index contributed by atoms with van der Waals surface area (Å²) < 4.78 is 12.0. The molecule has 0 saturated heterocycles. The van der Waals surface area contributed by atoms with Crippen molar-refractivity contribution in [2.24, 2.45) is 0 Å². The molecule has 0 bridgehead atoms. The van der Waals surface area contributed by atoms with E-state index in [0.717, 1.165) is 29.0 Å². The Labute approximate surface area is 269 Å². The van der Waals surface area contributed by atoms with Crippen LogP contribution in [0.4, 0.5) is 0 Å². The maximum atomic E-state index is 11.6. The topological polar surface area (TPSA) is 106 Å². The lowest BCUT2D eigenvalue weighted by Crippen LogP contribution is -2.25. The standard InChI is InChI=1S/C18H11ClN2O2.C18H11ClN2O/c19-18-12-21(22)11-17(16(18)10-20)13-6-8-15(9-7-13)23-14-4-2-1-3-5-14;19-18-12-21-11-17(16(18)10-20)13-6-8-15(9-7-13)22-14-4-2-1-3-5-14/h1-9,11-12H;1-9,11-12H. The molecule has 218 valence electrons. The van der Waals surface area contributed by atoms with Gasteiger partial charge in [-0.25, -0.2) is 0 Å². The van der Waals surface area contributed by atoms with Gasteiger partial charge in [-0.3, -0.25) is 4.98 Å². The molecule has 45 heavy (non-hydrogen) atoms. The van der Waals surface area contributed by atoms with E-state index in [0.29, 0.717) is 37.8 Å². The molecule has 0 spiro atoms. The van der Waals surface area contributed by atoms with E-state index >= 15 is 0 Å². The van der Waals surface area contributed by atoms with Crippen LogP contribution in [0.3, 0.4) is 0 Å². The molecule has 2 heterocycles. The van der Waals surface area contributed by atoms with Gasteiger partial charge in [0.25, 0.3) is 0 Å². The van der Waals surface area contributed by atoms with Crippen LogP contribution in [-0.2, 0) is 0 Å². The lowest BCUT2D eigenvalue weighted by molar-refractivity contribution is -0.604. The molecule has 0 unspecified atom stereocenters. The number of rotatable bonds is 6. The Bertz CT molecular complexity index is 1990. The fraction of sp³-hybridized carbons (Fsp3) is 0. The zero-order valence-corrected chi connectivity index (χ0v) is 25.0. The lowest BCUT2D eigenvalue weighted by Gasteiger charge is -2.08. The van der Waals surface area contributed by atoms with Gasteiger partial charge >= 0.3 is 0 Å². The summed E-state index contributed by atoms with van der Waals surface area (Å²) in [6.07, 6.45) is 5.60. The van der Waals surface area contributed by atoms with Gasteiger partial charge in [0.05, 0.1) is 21.7 Å². The predicted molar refractivity (Wildman–Crippen MR) is 173 cm³/mol. The van der Waals surface area contributed by atoms with E-state index in [-0.39, 0.29) is 10.6 Å². The summed E-state index contributed by atoms with van der Waals surface area (Å²) >= 11 is 12.0. The van der Waals surface area contributed by atoms with E-state index in [1.165, 1.54) is 12.4 Å². The smallest absolute Gasteiger partial charge is 0.200 e. The van der Waals surface area contributed by atoms with Crippen molar-refractivity contribution in [3.05, 3.63) is 160 Å². The van der Waals surface area contributed by atoms with Crippen molar-refractivity contribution in [1.82, 2.24) is 4.98 Å². The van der Waals surface area contributed by atoms with E-state index in [4.69, 9.17) is 32.7 Å². The lowest BCUT2D eigenvalue weighted by atomic mass is 10.0. The van der Waals surface area contributed by atoms with Crippen LogP contribution in [0.15, 0.2) is 134 Å². The van der Waals surface area contributed by atoms with E-state index in [2.05, 4.69) is 11.1 Å². The van der Waals surface area contributed by atoms with Crippen molar-refractivity contribution < 1.29 is 14.2 Å². The van der Waals surface area contributed by atoms with Crippen molar-refractivity contribution in [3.8, 4) is 57.4 Å². The highest BCUT2D eigenvalue weighted by Gasteiger charge is 2.15. The van der Waals surface area contributed by atoms with Crippen LogP contribution in [0.1, 0.15) is 11.1 Å². The normalized spacial score (nSPS) is 10.0. The molecule has 0 fully saturated rings. The van der Waals surface area contributed by atoms with Crippen LogP contribution in [0.2, 0.25) is 10.0 Å². The molecular formula is C36H22Cl2N4O3. The Kier molecular flexibility index (Phi) is 9.89. The average Bonchev–Trinajstić information content (AvgIpc) is 3.06. The summed E-state index contributed by atoms with van der Waals surface area (Å²) in [7, 11) is 0. The van der Waals surface area contributed by atoms with Crippen LogP contribution < -0.4 is 14.2 Å². The third-order valence-electron chi connectivity index (χ3n) is 6.42. The van der Waals surface area contributed by atoms with Gasteiger partial charge in [0.15, 0.2) is 12.4 Å². The molecule has 0 aliphatic heterocycles. The number of benzene rings is 4. The highest BCUT2D eigenvalue weighted by molar-refractivity contribution is 6.32. The van der Waals surface area contributed by atoms with Gasteiger partial charge in [-0.15, -0.1) is 0 Å². The molecule has 0 atom stereocenters. The first-order chi connectivity index (χ1) is 21.9. The van der Waals surface area contributed by atoms with Crippen molar-refractivity contribution in [2.45, 2.75) is 0 Å². The number of ether oxygens (including phenoxy) is 2. The molecular weight excluding hydrogens is 607 g/mol. The summed E-state index contributed by atoms with van der Waals surface area (Å²) in [5.74, 6) is 2.90. The molecule has 0 radical (unpaired) electrons. The number of pyridine rings is 2. The SMILES string of the molecule is N#Cc1c(Cl)c[n+]([O-])cc1-c1ccc(Oc2ccccc2)cc1.N#Cc1c(Cl)cncc1-c1ccc(Oc2ccccc2)cc1. The van der Waals surface area contributed by atoms with Crippen LogP contribution in [0, 0.1) is 27.9 Å². The highest BCUT2D eigenvalue weighted by Crippen LogP contribution is 2.31. The number of nitriles is 2. The number of halogens is 2. The van der Waals surface area contributed by atoms with E-state index in [9.17, 15) is 15.7 Å². The van der Waals surface area contributed by atoms with Crippen LogP contribution in [-0.4, -0.2) is 4.98 Å². The van der Waals surface area contributed by atoms with Gasteiger partial charge < -0.3 is 14.7 Å². The first-order valence-corrected chi connectivity index (χ1v) is 14.2. The first kappa shape index (κ1) is 30.6. The molecule has 0 aliphatic carbocycles. The van der Waals surface area contributed by atoms with Gasteiger partial charge in [0, 0.05) is 18.0 Å². The van der Waals surface area contributed by atoms with Gasteiger partial charge in [-0.05, 0) is 59.7 Å². The monoisotopic (exact) mass is 628 g/mol. The number of hydrogen-bond acceptors (Lipinski definition) is 6. The van der Waals surface area contributed by atoms with Crippen LogP contribution >= 0.6 is 23.2 Å². The van der Waals surface area contributed by atoms with Crippen LogP contribution in [0.25, 0.3) is 22.3 Å². The van der Waals surface area contributed by atoms with E-state index in [1.807, 2.05) is 91.0 Å². The predicted octanol–water partition coefficient (Wildman–Crippen LogP) is 9.37. The quantitative estimate of drug-likeness (QED) is 0.134. The van der Waals surface area contributed by atoms with Gasteiger partial charge in [-0.1, -0.05) is 83.9 Å². The zero-order valence-electron chi connectivity index (χ0n) is 23.5. The number of aromatic nitrogens is 2. The summed E-state index contributed by atoms with van der Waals surface area (Å²) in [5.41, 5.74) is 3.48. The molecule has 0 amide bonds. The minimum atomic E-state index is 0.129. The average molecular weight is 630 g/mol. The highest BCUT2D eigenvalue weighted by atomic mass is 35.5. The van der Waals surface area contributed by atoms with Crippen molar-refractivity contribution in [2.75, 3.05) is 0 Å². The van der Waals surface area contributed by atoms with Crippen molar-refractivity contribution >= 4 is 23.2 Å². The first-order valence-electron chi connectivity index (χ1n) is 13.5. The van der Waals surface area contributed by atoms with Gasteiger partial charge in [0.2, 0.25) is 0 Å². The number of para-hydroxylation sites is 2. The molecule has 6 rings (SSSR count). The largest absolute Gasteiger partial charge is 0.619 e. The Balaban J connectivity index is 0.000000178. The van der Waals surface area contributed by atoms with E-state index < -0.39 is 0 Å². The zero-order chi connectivity index (χ0) is 31.6. The second-order valence-electron chi connectivity index (χ2n) is 9.40. The molecule has 6 aromatic rings. The Morgan fingerprint density at radius 3 is 1.49 bits per heavy atom. The summed E-state index contributed by atoms with van der Waals surface area (Å²) in [6, 6.07) is 37.7. The molecule has 7 nitrogen and oxygen atoms in total. The fourth-order valence-corrected chi connectivity index (χ4v) is 4.73. The van der Waals surface area contributed by atoms with Gasteiger partial charge in [-0.2, -0.15) is 15.3 Å². The third kappa shape index (κ3) is 7.76. The molecule has 9 heteroatoms. The molecule has 4 aromatic carbocycles. The molecule has 0 aliphatic rings. The summed E-state index contributed by atoms with van der Waals surface area (Å²) in [6.45, 7) is 0. The van der Waals surface area contributed by atoms with Crippen molar-refractivity contribution in [1.29, 1.82) is 10.5 Å². The molecule has 0 saturated carbocycles. The summed E-state index contributed by atoms with van der Waals surface area (Å²) in [5, 5.41) is 30.5. The number of nitrogens with zero attached hydrogens (tertiary/aromatic N) is 4. The van der Waals surface area contributed by atoms with Crippen molar-refractivity contribution in [3.63, 3.8) is 0 Å². The molecule has 0 N–H and O–H groups in total. The fourth-order valence-electron chi connectivity index (χ4n) is 4.29. The van der Waals surface area contributed by atoms with Crippen LogP contribution in [0.5, 0.6) is 23.0 Å². The Morgan fingerprint density at radius 2 is 1.00 bits per heavy atom. The number of hydrogen-bond donors (Lipinski definition) is 0. The third-order valence-corrected chi connectivity index (χ3v) is 6.99. The Hall–Kier alpha value is -5.86. The summed E-state index contributed by atoms with van der Waals surface area (Å²) in [4.78, 5) is 4.05. The minimum Gasteiger partial charge on any atom is -0.619 e. The molecule has 2 aromatic heterocycles. The van der Waals surface area contributed by atoms with Gasteiger partial charge in [0.1, 0.15) is 40.2 Å². The maximum Gasteiger partial charge on any atom is 0.200 e. The second-order valence-corrected chi connectivity index (χ2v) is 10.2. The minimum absolute atomic E-state index is 0.129. The van der Waals surface area contributed by atoms with E-state index in [1.54, 1.807) is 30.5 Å². The second kappa shape index (κ2) is 14.5. The Morgan fingerprint density at radius 1 is 0.556 bits per heavy atom.